The van der Waals surface area contributed by atoms with Gasteiger partial charge < -0.3 is 5.32 Å². The summed E-state index contributed by atoms with van der Waals surface area (Å²) in [6.45, 7) is 0. The summed E-state index contributed by atoms with van der Waals surface area (Å²) in [6.07, 6.45) is 1.72. The fraction of sp³-hybridized carbons (Fsp3) is 0. The van der Waals surface area contributed by atoms with Gasteiger partial charge in [-0.15, -0.1) is 0 Å². The molecule has 4 aromatic rings. The monoisotopic (exact) mass is 361 g/mol. The number of benzene rings is 3. The molecule has 0 unspecified atom stereocenters. The molecule has 0 saturated heterocycles. The molecule has 0 aliphatic carbocycles. The molecule has 3 aromatic carbocycles. The predicted octanol–water partition coefficient (Wildman–Crippen LogP) is 3.51. The van der Waals surface area contributed by atoms with E-state index in [-0.39, 0.29) is 11.7 Å². The first kappa shape index (κ1) is 16.7. The highest BCUT2D eigenvalue weighted by Gasteiger charge is 2.10. The quantitative estimate of drug-likeness (QED) is 0.295. The van der Waals surface area contributed by atoms with Crippen molar-refractivity contribution < 1.29 is 9.18 Å². The third-order valence-electron chi connectivity index (χ3n) is 4.20. The topological polar surface area (TPSA) is 85.0 Å². The summed E-state index contributed by atoms with van der Waals surface area (Å²) in [5.41, 5.74) is 5.32. The highest BCUT2D eigenvalue weighted by molar-refractivity contribution is 5.94. The number of hydrogen-bond acceptors (Lipinski definition) is 4. The highest BCUT2D eigenvalue weighted by atomic mass is 19.1. The fourth-order valence-corrected chi connectivity index (χ4v) is 2.90. The van der Waals surface area contributed by atoms with Gasteiger partial charge in [-0.1, -0.05) is 18.2 Å². The van der Waals surface area contributed by atoms with Gasteiger partial charge in [0.1, 0.15) is 5.82 Å². The van der Waals surface area contributed by atoms with Gasteiger partial charge in [0.25, 0.3) is 5.91 Å². The van der Waals surface area contributed by atoms with Crippen molar-refractivity contribution in [2.75, 3.05) is 5.32 Å². The van der Waals surface area contributed by atoms with Gasteiger partial charge in [0.15, 0.2) is 0 Å². The van der Waals surface area contributed by atoms with Crippen LogP contribution in [-0.4, -0.2) is 15.7 Å². The lowest BCUT2D eigenvalue weighted by Crippen LogP contribution is -2.30. The van der Waals surface area contributed by atoms with E-state index in [9.17, 15) is 9.18 Å². The largest absolute Gasteiger partial charge is 0.353 e. The smallest absolute Gasteiger partial charge is 0.265 e. The van der Waals surface area contributed by atoms with Crippen LogP contribution in [-0.2, 0) is 0 Å². The van der Waals surface area contributed by atoms with Gasteiger partial charge in [0.05, 0.1) is 23.1 Å². The molecule has 0 aliphatic heterocycles. The number of amides is 1. The lowest BCUT2D eigenvalue weighted by molar-refractivity contribution is 0.0953. The van der Waals surface area contributed by atoms with Crippen LogP contribution < -0.4 is 16.6 Å². The number of nitrogens with two attached hydrogens (primary N) is 1. The van der Waals surface area contributed by atoms with E-state index in [1.165, 1.54) is 6.07 Å². The second kappa shape index (κ2) is 6.89. The second-order valence-corrected chi connectivity index (χ2v) is 5.96. The van der Waals surface area contributed by atoms with Crippen LogP contribution in [0.15, 0.2) is 72.9 Å². The molecule has 0 atom stereocenters. The van der Waals surface area contributed by atoms with Gasteiger partial charge in [-0.25, -0.2) is 14.9 Å². The summed E-state index contributed by atoms with van der Waals surface area (Å²) in [6, 6.07) is 19.1. The lowest BCUT2D eigenvalue weighted by atomic mass is 10.2. The van der Waals surface area contributed by atoms with Crippen molar-refractivity contribution in [2.24, 2.45) is 5.84 Å². The van der Waals surface area contributed by atoms with Crippen molar-refractivity contribution in [1.82, 2.24) is 15.2 Å². The van der Waals surface area contributed by atoms with Crippen molar-refractivity contribution in [2.45, 2.75) is 0 Å². The number of anilines is 2. The van der Waals surface area contributed by atoms with E-state index in [4.69, 9.17) is 5.84 Å². The van der Waals surface area contributed by atoms with Gasteiger partial charge in [-0.05, 0) is 48.5 Å². The Morgan fingerprint density at radius 3 is 2.70 bits per heavy atom. The van der Waals surface area contributed by atoms with E-state index in [2.05, 4.69) is 15.8 Å². The Bertz CT molecular complexity index is 1140. The molecule has 27 heavy (non-hydrogen) atoms. The van der Waals surface area contributed by atoms with Crippen molar-refractivity contribution in [3.8, 4) is 5.69 Å². The summed E-state index contributed by atoms with van der Waals surface area (Å²) in [5.74, 6) is 4.51. The summed E-state index contributed by atoms with van der Waals surface area (Å²) < 4.78 is 15.6. The maximum absolute atomic E-state index is 13.8. The third kappa shape index (κ3) is 3.23. The Balaban J connectivity index is 1.69. The molecule has 0 fully saturated rings. The number of rotatable bonds is 4. The van der Waals surface area contributed by atoms with Crippen LogP contribution in [0.1, 0.15) is 10.4 Å². The van der Waals surface area contributed by atoms with E-state index in [1.807, 2.05) is 24.3 Å². The molecule has 4 rings (SSSR count). The highest BCUT2D eigenvalue weighted by Crippen LogP contribution is 2.25. The van der Waals surface area contributed by atoms with Crippen molar-refractivity contribution in [3.05, 3.63) is 84.3 Å². The van der Waals surface area contributed by atoms with Crippen LogP contribution >= 0.6 is 0 Å². The molecule has 1 amide bonds. The fourth-order valence-electron chi connectivity index (χ4n) is 2.90. The number of carbonyl (C=O) groups excluding carboxylic acids is 1. The van der Waals surface area contributed by atoms with Crippen LogP contribution in [0.4, 0.5) is 15.8 Å². The number of halogens is 1. The molecule has 0 radical (unpaired) electrons. The Morgan fingerprint density at radius 1 is 1.04 bits per heavy atom. The molecule has 0 bridgehead atoms. The van der Waals surface area contributed by atoms with Gasteiger partial charge in [0, 0.05) is 16.6 Å². The third-order valence-corrected chi connectivity index (χ3v) is 4.20. The Labute approximate surface area is 154 Å². The van der Waals surface area contributed by atoms with Crippen molar-refractivity contribution in [1.29, 1.82) is 0 Å². The molecule has 0 spiro atoms. The minimum Gasteiger partial charge on any atom is -0.353 e. The van der Waals surface area contributed by atoms with Crippen LogP contribution in [0, 0.1) is 5.82 Å². The number of aromatic nitrogens is 2. The molecule has 1 heterocycles. The minimum absolute atomic E-state index is 0.316. The molecule has 0 saturated carbocycles. The average Bonchev–Trinajstić information content (AvgIpc) is 3.12. The van der Waals surface area contributed by atoms with Gasteiger partial charge >= 0.3 is 0 Å². The summed E-state index contributed by atoms with van der Waals surface area (Å²) in [7, 11) is 0. The van der Waals surface area contributed by atoms with Crippen molar-refractivity contribution >= 4 is 28.2 Å². The van der Waals surface area contributed by atoms with Gasteiger partial charge in [0.2, 0.25) is 0 Å². The first-order valence-corrected chi connectivity index (χ1v) is 8.26. The van der Waals surface area contributed by atoms with Crippen LogP contribution in [0.25, 0.3) is 16.6 Å². The van der Waals surface area contributed by atoms with E-state index in [1.54, 1.807) is 47.3 Å². The number of carbonyl (C=O) groups is 1. The summed E-state index contributed by atoms with van der Waals surface area (Å²) in [4.78, 5) is 11.7. The Morgan fingerprint density at radius 2 is 1.89 bits per heavy atom. The second-order valence-electron chi connectivity index (χ2n) is 5.96. The number of para-hydroxylation sites is 1. The zero-order chi connectivity index (χ0) is 18.8. The summed E-state index contributed by atoms with van der Waals surface area (Å²) >= 11 is 0. The summed E-state index contributed by atoms with van der Waals surface area (Å²) in [5, 5.41) is 8.36. The maximum Gasteiger partial charge on any atom is 0.265 e. The molecular formula is C20H16FN5O. The molecule has 6 nitrogen and oxygen atoms in total. The van der Waals surface area contributed by atoms with E-state index in [0.29, 0.717) is 11.3 Å². The molecule has 1 aromatic heterocycles. The maximum atomic E-state index is 13.8. The Hall–Kier alpha value is -3.71. The average molecular weight is 361 g/mol. The minimum atomic E-state index is -0.371. The number of nitrogens with zero attached hydrogens (tertiary/aromatic N) is 2. The van der Waals surface area contributed by atoms with E-state index >= 15 is 0 Å². The molecule has 0 aliphatic rings. The first-order chi connectivity index (χ1) is 13.2. The molecular weight excluding hydrogens is 345 g/mol. The normalized spacial score (nSPS) is 10.7. The van der Waals surface area contributed by atoms with E-state index < -0.39 is 0 Å². The zero-order valence-electron chi connectivity index (χ0n) is 14.2. The molecule has 7 heteroatoms. The standard InChI is InChI=1S/C20H16FN5O/c21-17-6-1-2-7-18(17)24-15-8-9-19-14(10-15)12-23-26(19)16-5-3-4-13(11-16)20(27)25-22/h1-12,24H,22H2,(H,25,27). The van der Waals surface area contributed by atoms with E-state index in [0.717, 1.165) is 22.3 Å². The predicted molar refractivity (Wildman–Crippen MR) is 102 cm³/mol. The number of nitrogens with one attached hydrogen (secondary N) is 2. The van der Waals surface area contributed by atoms with Gasteiger partial charge in [-0.2, -0.15) is 5.10 Å². The Kier molecular flexibility index (Phi) is 4.27. The number of fused-ring (bicyclic) bond motifs is 1. The van der Waals surface area contributed by atoms with Gasteiger partial charge in [-0.3, -0.25) is 10.2 Å². The molecule has 134 valence electrons. The van der Waals surface area contributed by atoms with Crippen LogP contribution in [0.3, 0.4) is 0 Å². The van der Waals surface area contributed by atoms with Crippen LogP contribution in [0.2, 0.25) is 0 Å². The lowest BCUT2D eigenvalue weighted by Gasteiger charge is -2.09. The first-order valence-electron chi connectivity index (χ1n) is 8.26. The SMILES string of the molecule is NNC(=O)c1cccc(-n2ncc3cc(Nc4ccccc4F)ccc32)c1. The number of nitrogen functional groups attached to an aromatic ring is 1. The number of hydrazine groups is 1. The zero-order valence-corrected chi connectivity index (χ0v) is 14.2. The number of hydrogen-bond donors (Lipinski definition) is 3. The van der Waals surface area contributed by atoms with Crippen LogP contribution in [0.5, 0.6) is 0 Å². The molecule has 4 N–H and O–H groups in total. The van der Waals surface area contributed by atoms with Crippen molar-refractivity contribution in [3.63, 3.8) is 0 Å².